The first kappa shape index (κ1) is 12.0. The number of nitrogens with zero attached hydrogens (tertiary/aromatic N) is 1. The number of amides is 1. The summed E-state index contributed by atoms with van der Waals surface area (Å²) >= 11 is 3.56. The number of hydrogen-bond acceptors (Lipinski definition) is 3. The molecule has 2 rings (SSSR count). The van der Waals surface area contributed by atoms with E-state index >= 15 is 0 Å². The molecular weight excluding hydrogens is 238 g/mol. The fraction of sp³-hybridized carbons (Fsp3) is 0.583. The van der Waals surface area contributed by atoms with Crippen molar-refractivity contribution in [3.05, 3.63) is 21.9 Å². The van der Waals surface area contributed by atoms with Crippen LogP contribution in [0.1, 0.15) is 29.0 Å². The van der Waals surface area contributed by atoms with Gasteiger partial charge in [-0.25, -0.2) is 0 Å². The molecule has 1 saturated heterocycles. The van der Waals surface area contributed by atoms with Gasteiger partial charge in [-0.3, -0.25) is 4.79 Å². The molecule has 0 N–H and O–H groups in total. The summed E-state index contributed by atoms with van der Waals surface area (Å²) in [5.74, 6) is 1.45. The van der Waals surface area contributed by atoms with Gasteiger partial charge in [0, 0.05) is 16.3 Å². The molecule has 1 fully saturated rings. The van der Waals surface area contributed by atoms with Crippen molar-refractivity contribution in [3.8, 4) is 0 Å². The van der Waals surface area contributed by atoms with Crippen molar-refractivity contribution in [2.24, 2.45) is 5.92 Å². The fourth-order valence-electron chi connectivity index (χ4n) is 1.87. The molecule has 2 nitrogen and oxygen atoms in total. The minimum absolute atomic E-state index is 0.258. The highest BCUT2D eigenvalue weighted by Crippen LogP contribution is 2.41. The molecule has 0 radical (unpaired) electrons. The smallest absolute Gasteiger partial charge is 0.233 e. The Morgan fingerprint density at radius 1 is 1.50 bits per heavy atom. The van der Waals surface area contributed by atoms with Gasteiger partial charge < -0.3 is 4.90 Å². The van der Waals surface area contributed by atoms with Crippen LogP contribution in [0, 0.1) is 12.8 Å². The largest absolute Gasteiger partial charge is 0.325 e. The molecular formula is C12H17NOS2. The lowest BCUT2D eigenvalue weighted by Crippen LogP contribution is -2.31. The minimum Gasteiger partial charge on any atom is -0.325 e. The SMILES string of the molecule is Cc1ccc(C2SCC(=O)N2CC(C)C)s1. The fourth-order valence-corrected chi connectivity index (χ4v) is 4.18. The zero-order valence-corrected chi connectivity index (χ0v) is 11.5. The monoisotopic (exact) mass is 255 g/mol. The molecule has 1 amide bonds. The Kier molecular flexibility index (Phi) is 3.60. The lowest BCUT2D eigenvalue weighted by atomic mass is 10.2. The summed E-state index contributed by atoms with van der Waals surface area (Å²) in [6, 6.07) is 4.29. The van der Waals surface area contributed by atoms with E-state index in [-0.39, 0.29) is 11.3 Å². The second-order valence-electron chi connectivity index (χ2n) is 4.55. The quantitative estimate of drug-likeness (QED) is 0.826. The van der Waals surface area contributed by atoms with Crippen molar-refractivity contribution in [2.75, 3.05) is 12.3 Å². The summed E-state index contributed by atoms with van der Waals surface area (Å²) in [5, 5.41) is 0.258. The van der Waals surface area contributed by atoms with Gasteiger partial charge in [-0.1, -0.05) is 13.8 Å². The van der Waals surface area contributed by atoms with Crippen LogP contribution in [0.2, 0.25) is 0 Å². The third kappa shape index (κ3) is 2.43. The summed E-state index contributed by atoms with van der Waals surface area (Å²) in [5.41, 5.74) is 0. The van der Waals surface area contributed by atoms with Crippen LogP contribution in [-0.4, -0.2) is 23.1 Å². The summed E-state index contributed by atoms with van der Waals surface area (Å²) < 4.78 is 0. The molecule has 1 aromatic heterocycles. The third-order valence-corrected chi connectivity index (χ3v) is 4.97. The number of rotatable bonds is 3. The Morgan fingerprint density at radius 2 is 2.25 bits per heavy atom. The molecule has 1 aliphatic heterocycles. The lowest BCUT2D eigenvalue weighted by Gasteiger charge is -2.24. The molecule has 0 spiro atoms. The van der Waals surface area contributed by atoms with E-state index in [1.807, 2.05) is 4.90 Å². The molecule has 1 aliphatic rings. The van der Waals surface area contributed by atoms with E-state index in [1.54, 1.807) is 23.1 Å². The predicted octanol–water partition coefficient (Wildman–Crippen LogP) is 3.29. The van der Waals surface area contributed by atoms with Gasteiger partial charge in [0.1, 0.15) is 5.37 Å². The highest BCUT2D eigenvalue weighted by molar-refractivity contribution is 8.00. The number of hydrogen-bond donors (Lipinski definition) is 0. The Morgan fingerprint density at radius 3 is 2.81 bits per heavy atom. The molecule has 88 valence electrons. The summed E-state index contributed by atoms with van der Waals surface area (Å²) in [6.07, 6.45) is 0. The molecule has 0 saturated carbocycles. The molecule has 0 aromatic carbocycles. The van der Waals surface area contributed by atoms with Crippen LogP contribution in [0.25, 0.3) is 0 Å². The van der Waals surface area contributed by atoms with Crippen LogP contribution in [0.3, 0.4) is 0 Å². The Balaban J connectivity index is 2.17. The normalized spacial score (nSPS) is 21.1. The van der Waals surface area contributed by atoms with E-state index < -0.39 is 0 Å². The van der Waals surface area contributed by atoms with Crippen molar-refractivity contribution in [1.82, 2.24) is 4.90 Å². The van der Waals surface area contributed by atoms with E-state index in [2.05, 4.69) is 32.9 Å². The number of carbonyl (C=O) groups is 1. The molecule has 1 aromatic rings. The molecule has 2 heterocycles. The first-order chi connectivity index (χ1) is 7.58. The van der Waals surface area contributed by atoms with Gasteiger partial charge in [0.15, 0.2) is 0 Å². The summed E-state index contributed by atoms with van der Waals surface area (Å²) in [4.78, 5) is 16.5. The topological polar surface area (TPSA) is 20.3 Å². The second kappa shape index (κ2) is 4.80. The minimum atomic E-state index is 0.258. The molecule has 0 aliphatic carbocycles. The zero-order chi connectivity index (χ0) is 11.7. The van der Waals surface area contributed by atoms with Crippen LogP contribution in [-0.2, 0) is 4.79 Å². The van der Waals surface area contributed by atoms with Crippen molar-refractivity contribution < 1.29 is 4.79 Å². The standard InChI is InChI=1S/C12H17NOS2/c1-8(2)6-13-11(14)7-15-12(13)10-5-4-9(3)16-10/h4-5,8,12H,6-7H2,1-3H3. The predicted molar refractivity (Wildman–Crippen MR) is 70.8 cm³/mol. The van der Waals surface area contributed by atoms with Gasteiger partial charge in [-0.2, -0.15) is 0 Å². The third-order valence-electron chi connectivity index (χ3n) is 2.53. The van der Waals surface area contributed by atoms with Crippen LogP contribution >= 0.6 is 23.1 Å². The van der Waals surface area contributed by atoms with Crippen LogP contribution in [0.5, 0.6) is 0 Å². The van der Waals surface area contributed by atoms with Crippen LogP contribution < -0.4 is 0 Å². The van der Waals surface area contributed by atoms with Crippen molar-refractivity contribution in [3.63, 3.8) is 0 Å². The van der Waals surface area contributed by atoms with E-state index in [4.69, 9.17) is 0 Å². The number of thiophene rings is 1. The number of aryl methyl sites for hydroxylation is 1. The highest BCUT2D eigenvalue weighted by atomic mass is 32.2. The molecule has 4 heteroatoms. The highest BCUT2D eigenvalue weighted by Gasteiger charge is 2.33. The van der Waals surface area contributed by atoms with Gasteiger partial charge in [-0.05, 0) is 25.0 Å². The number of carbonyl (C=O) groups excluding carboxylic acids is 1. The second-order valence-corrected chi connectivity index (χ2v) is 6.94. The van der Waals surface area contributed by atoms with Gasteiger partial charge in [0.05, 0.1) is 5.75 Å². The van der Waals surface area contributed by atoms with E-state index in [0.717, 1.165) is 6.54 Å². The average molecular weight is 255 g/mol. The molecule has 1 atom stereocenters. The maximum absolute atomic E-state index is 11.8. The maximum Gasteiger partial charge on any atom is 0.233 e. The van der Waals surface area contributed by atoms with Gasteiger partial charge in [0.2, 0.25) is 5.91 Å². The molecule has 16 heavy (non-hydrogen) atoms. The van der Waals surface area contributed by atoms with Gasteiger partial charge in [-0.15, -0.1) is 23.1 Å². The Hall–Kier alpha value is -0.480. The first-order valence-electron chi connectivity index (χ1n) is 5.55. The van der Waals surface area contributed by atoms with Crippen molar-refractivity contribution in [1.29, 1.82) is 0 Å². The average Bonchev–Trinajstić information content (AvgIpc) is 2.75. The zero-order valence-electron chi connectivity index (χ0n) is 9.90. The molecule has 1 unspecified atom stereocenters. The van der Waals surface area contributed by atoms with Crippen LogP contribution in [0.4, 0.5) is 0 Å². The van der Waals surface area contributed by atoms with Crippen molar-refractivity contribution >= 4 is 29.0 Å². The van der Waals surface area contributed by atoms with Crippen LogP contribution in [0.15, 0.2) is 12.1 Å². The maximum atomic E-state index is 11.8. The van der Waals surface area contributed by atoms with Gasteiger partial charge >= 0.3 is 0 Å². The Labute approximate surface area is 105 Å². The van der Waals surface area contributed by atoms with Crippen molar-refractivity contribution in [2.45, 2.75) is 26.1 Å². The Bertz CT molecular complexity index is 386. The lowest BCUT2D eigenvalue weighted by molar-refractivity contribution is -0.128. The summed E-state index contributed by atoms with van der Waals surface area (Å²) in [7, 11) is 0. The van der Waals surface area contributed by atoms with Gasteiger partial charge in [0.25, 0.3) is 0 Å². The summed E-state index contributed by atoms with van der Waals surface area (Å²) in [6.45, 7) is 7.30. The van der Waals surface area contributed by atoms with E-state index in [1.165, 1.54) is 9.75 Å². The van der Waals surface area contributed by atoms with E-state index in [0.29, 0.717) is 11.7 Å². The first-order valence-corrected chi connectivity index (χ1v) is 7.42. The molecule has 0 bridgehead atoms. The number of thioether (sulfide) groups is 1. The van der Waals surface area contributed by atoms with E-state index in [9.17, 15) is 4.79 Å².